The molecule has 0 radical (unpaired) electrons. The van der Waals surface area contributed by atoms with Crippen LogP contribution in [0.2, 0.25) is 0 Å². The highest BCUT2D eigenvalue weighted by Crippen LogP contribution is 2.11. The molecule has 1 aromatic rings. The van der Waals surface area contributed by atoms with E-state index in [0.29, 0.717) is 6.61 Å². The number of aliphatic carboxylic acids is 1. The van der Waals surface area contributed by atoms with Crippen molar-refractivity contribution in [1.29, 1.82) is 0 Å². The maximum absolute atomic E-state index is 10.6. The summed E-state index contributed by atoms with van der Waals surface area (Å²) in [7, 11) is 0. The SMILES string of the molecule is CCOC(=Cc1ccsc1)C(=O)O. The van der Waals surface area contributed by atoms with Gasteiger partial charge in [-0.25, -0.2) is 4.79 Å². The maximum atomic E-state index is 10.6. The van der Waals surface area contributed by atoms with E-state index in [1.807, 2.05) is 16.8 Å². The summed E-state index contributed by atoms with van der Waals surface area (Å²) in [5.41, 5.74) is 0.857. The molecular weight excluding hydrogens is 188 g/mol. The second-order valence-electron chi connectivity index (χ2n) is 2.30. The largest absolute Gasteiger partial charge is 0.487 e. The fraction of sp³-hybridized carbons (Fsp3) is 0.222. The van der Waals surface area contributed by atoms with Crippen LogP contribution in [0.3, 0.4) is 0 Å². The Morgan fingerprint density at radius 1 is 1.77 bits per heavy atom. The molecule has 0 atom stereocenters. The van der Waals surface area contributed by atoms with Gasteiger partial charge in [0.1, 0.15) is 0 Å². The summed E-state index contributed by atoms with van der Waals surface area (Å²) in [5, 5.41) is 12.5. The zero-order chi connectivity index (χ0) is 9.68. The molecule has 0 aromatic carbocycles. The van der Waals surface area contributed by atoms with Gasteiger partial charge in [0, 0.05) is 0 Å². The Bertz CT molecular complexity index is 301. The molecule has 0 fully saturated rings. The van der Waals surface area contributed by atoms with Crippen LogP contribution in [-0.4, -0.2) is 17.7 Å². The minimum atomic E-state index is -1.03. The Balaban J connectivity index is 2.80. The summed E-state index contributed by atoms with van der Waals surface area (Å²) >= 11 is 1.52. The van der Waals surface area contributed by atoms with E-state index in [1.54, 1.807) is 6.92 Å². The number of carbonyl (C=O) groups is 1. The number of rotatable bonds is 4. The summed E-state index contributed by atoms with van der Waals surface area (Å²) in [4.78, 5) is 10.6. The van der Waals surface area contributed by atoms with Crippen molar-refractivity contribution in [3.05, 3.63) is 28.1 Å². The van der Waals surface area contributed by atoms with Crippen LogP contribution in [0.25, 0.3) is 6.08 Å². The van der Waals surface area contributed by atoms with Crippen LogP contribution < -0.4 is 0 Å². The molecule has 0 amide bonds. The molecular formula is C9H10O3S. The second kappa shape index (κ2) is 4.67. The van der Waals surface area contributed by atoms with Gasteiger partial charge in [0.05, 0.1) is 6.61 Å². The summed E-state index contributed by atoms with van der Waals surface area (Å²) in [6, 6.07) is 1.84. The number of hydrogen-bond donors (Lipinski definition) is 1. The van der Waals surface area contributed by atoms with Crippen LogP contribution in [0.15, 0.2) is 22.6 Å². The lowest BCUT2D eigenvalue weighted by atomic mass is 10.3. The first kappa shape index (κ1) is 9.80. The van der Waals surface area contributed by atoms with Gasteiger partial charge in [0.15, 0.2) is 0 Å². The van der Waals surface area contributed by atoms with Crippen LogP contribution in [-0.2, 0) is 9.53 Å². The van der Waals surface area contributed by atoms with Crippen LogP contribution in [0.5, 0.6) is 0 Å². The number of carboxylic acid groups (broad SMARTS) is 1. The fourth-order valence-electron chi connectivity index (χ4n) is 0.829. The number of hydrogen-bond acceptors (Lipinski definition) is 3. The van der Waals surface area contributed by atoms with Crippen molar-refractivity contribution in [2.45, 2.75) is 6.92 Å². The van der Waals surface area contributed by atoms with Crippen molar-refractivity contribution in [2.24, 2.45) is 0 Å². The Morgan fingerprint density at radius 2 is 2.54 bits per heavy atom. The van der Waals surface area contributed by atoms with Crippen LogP contribution in [0, 0.1) is 0 Å². The van der Waals surface area contributed by atoms with E-state index in [-0.39, 0.29) is 5.76 Å². The summed E-state index contributed by atoms with van der Waals surface area (Å²) in [6.45, 7) is 2.12. The Hall–Kier alpha value is -1.29. The monoisotopic (exact) mass is 198 g/mol. The third-order valence-electron chi connectivity index (χ3n) is 1.35. The number of ether oxygens (including phenoxy) is 1. The minimum absolute atomic E-state index is 0.0131. The first-order valence-corrected chi connectivity index (χ1v) is 4.78. The van der Waals surface area contributed by atoms with Crippen molar-refractivity contribution in [1.82, 2.24) is 0 Å². The van der Waals surface area contributed by atoms with Gasteiger partial charge < -0.3 is 9.84 Å². The van der Waals surface area contributed by atoms with Gasteiger partial charge in [-0.2, -0.15) is 11.3 Å². The zero-order valence-corrected chi connectivity index (χ0v) is 8.00. The normalized spacial score (nSPS) is 11.3. The third-order valence-corrected chi connectivity index (χ3v) is 2.05. The highest BCUT2D eigenvalue weighted by atomic mass is 32.1. The lowest BCUT2D eigenvalue weighted by Gasteiger charge is -2.01. The molecule has 1 N–H and O–H groups in total. The number of thiophene rings is 1. The van der Waals surface area contributed by atoms with Crippen molar-refractivity contribution in [3.8, 4) is 0 Å². The van der Waals surface area contributed by atoms with Gasteiger partial charge in [-0.15, -0.1) is 0 Å². The Labute approximate surface area is 80.3 Å². The van der Waals surface area contributed by atoms with Gasteiger partial charge in [-0.1, -0.05) is 0 Å². The van der Waals surface area contributed by atoms with E-state index in [0.717, 1.165) is 5.56 Å². The van der Waals surface area contributed by atoms with Crippen molar-refractivity contribution < 1.29 is 14.6 Å². The quantitative estimate of drug-likeness (QED) is 0.596. The Kier molecular flexibility index (Phi) is 3.52. The molecule has 13 heavy (non-hydrogen) atoms. The lowest BCUT2D eigenvalue weighted by Crippen LogP contribution is -2.04. The van der Waals surface area contributed by atoms with Gasteiger partial charge >= 0.3 is 5.97 Å². The summed E-state index contributed by atoms with van der Waals surface area (Å²) < 4.78 is 4.94. The molecule has 0 saturated carbocycles. The molecule has 1 heterocycles. The first-order chi connectivity index (χ1) is 6.24. The van der Waals surface area contributed by atoms with Crippen LogP contribution in [0.4, 0.5) is 0 Å². The van der Waals surface area contributed by atoms with Crippen LogP contribution >= 0.6 is 11.3 Å². The molecule has 1 aromatic heterocycles. The predicted molar refractivity (Wildman–Crippen MR) is 51.6 cm³/mol. The van der Waals surface area contributed by atoms with Gasteiger partial charge in [-0.3, -0.25) is 0 Å². The molecule has 0 unspecified atom stereocenters. The van der Waals surface area contributed by atoms with E-state index in [1.165, 1.54) is 17.4 Å². The molecule has 0 aliphatic carbocycles. The maximum Gasteiger partial charge on any atom is 0.371 e. The first-order valence-electron chi connectivity index (χ1n) is 3.84. The molecule has 3 nitrogen and oxygen atoms in total. The fourth-order valence-corrected chi connectivity index (χ4v) is 1.45. The van der Waals surface area contributed by atoms with Gasteiger partial charge in [-0.05, 0) is 35.4 Å². The van der Waals surface area contributed by atoms with E-state index in [4.69, 9.17) is 9.84 Å². The molecule has 0 aliphatic heterocycles. The van der Waals surface area contributed by atoms with Gasteiger partial charge in [0.2, 0.25) is 5.76 Å². The molecule has 70 valence electrons. The van der Waals surface area contributed by atoms with E-state index >= 15 is 0 Å². The molecule has 4 heteroatoms. The molecule has 1 rings (SSSR count). The summed E-state index contributed by atoms with van der Waals surface area (Å²) in [5.74, 6) is -1.05. The van der Waals surface area contributed by atoms with Crippen molar-refractivity contribution in [2.75, 3.05) is 6.61 Å². The van der Waals surface area contributed by atoms with E-state index in [9.17, 15) is 4.79 Å². The number of carboxylic acids is 1. The average Bonchev–Trinajstić information content (AvgIpc) is 2.56. The molecule has 0 aliphatic rings. The predicted octanol–water partition coefficient (Wildman–Crippen LogP) is 2.21. The third kappa shape index (κ3) is 2.91. The second-order valence-corrected chi connectivity index (χ2v) is 3.08. The van der Waals surface area contributed by atoms with Gasteiger partial charge in [0.25, 0.3) is 0 Å². The van der Waals surface area contributed by atoms with Crippen molar-refractivity contribution in [3.63, 3.8) is 0 Å². The highest BCUT2D eigenvalue weighted by molar-refractivity contribution is 7.08. The average molecular weight is 198 g/mol. The minimum Gasteiger partial charge on any atom is -0.487 e. The smallest absolute Gasteiger partial charge is 0.371 e. The van der Waals surface area contributed by atoms with E-state index in [2.05, 4.69) is 0 Å². The molecule has 0 saturated heterocycles. The van der Waals surface area contributed by atoms with Crippen LogP contribution in [0.1, 0.15) is 12.5 Å². The molecule has 0 spiro atoms. The summed E-state index contributed by atoms with van der Waals surface area (Å²) in [6.07, 6.45) is 1.52. The van der Waals surface area contributed by atoms with E-state index < -0.39 is 5.97 Å². The highest BCUT2D eigenvalue weighted by Gasteiger charge is 2.07. The van der Waals surface area contributed by atoms with Crippen molar-refractivity contribution >= 4 is 23.4 Å². The zero-order valence-electron chi connectivity index (χ0n) is 7.19. The topological polar surface area (TPSA) is 46.5 Å². The standard InChI is InChI=1S/C9H10O3S/c1-2-12-8(9(10)11)5-7-3-4-13-6-7/h3-6H,2H2,1H3,(H,10,11). The Morgan fingerprint density at radius 3 is 3.00 bits per heavy atom. The molecule has 0 bridgehead atoms. The lowest BCUT2D eigenvalue weighted by molar-refractivity contribution is -0.136.